The van der Waals surface area contributed by atoms with Crippen LogP contribution in [0.3, 0.4) is 0 Å². The lowest BCUT2D eigenvalue weighted by atomic mass is 9.90. The summed E-state index contributed by atoms with van der Waals surface area (Å²) in [5.41, 5.74) is 0. The van der Waals surface area contributed by atoms with E-state index in [9.17, 15) is 0 Å². The maximum atomic E-state index is 8.46. The van der Waals surface area contributed by atoms with Crippen LogP contribution in [-0.2, 0) is 0 Å². The Kier molecular flexibility index (Phi) is 5.67. The monoisotopic (exact) mass is 209 g/mol. The Balaban J connectivity index is 2.18. The molecule has 1 aliphatic heterocycles. The summed E-state index contributed by atoms with van der Waals surface area (Å²) >= 11 is 0. The number of nitriles is 1. The first-order chi connectivity index (χ1) is 7.27. The average molecular weight is 209 g/mol. The standard InChI is InChI=1S/C12H23N3/c1-3-15-9-5-12(6-10-15)11(2)14-8-4-7-13/h11-12,14H,3-6,8-10H2,1-2H3. The summed E-state index contributed by atoms with van der Waals surface area (Å²) in [4.78, 5) is 2.51. The van der Waals surface area contributed by atoms with Gasteiger partial charge in [0, 0.05) is 19.0 Å². The van der Waals surface area contributed by atoms with Crippen LogP contribution in [0.4, 0.5) is 0 Å². The average Bonchev–Trinajstić information content (AvgIpc) is 2.29. The highest BCUT2D eigenvalue weighted by atomic mass is 15.1. The number of piperidine rings is 1. The van der Waals surface area contributed by atoms with E-state index in [-0.39, 0.29) is 0 Å². The second-order valence-corrected chi connectivity index (χ2v) is 4.42. The first kappa shape index (κ1) is 12.5. The highest BCUT2D eigenvalue weighted by Gasteiger charge is 2.22. The Morgan fingerprint density at radius 2 is 2.13 bits per heavy atom. The number of hydrogen-bond acceptors (Lipinski definition) is 3. The van der Waals surface area contributed by atoms with Crippen molar-refractivity contribution >= 4 is 0 Å². The third-order valence-corrected chi connectivity index (χ3v) is 3.49. The summed E-state index contributed by atoms with van der Waals surface area (Å²) in [6, 6.07) is 2.74. The minimum absolute atomic E-state index is 0.567. The highest BCUT2D eigenvalue weighted by molar-refractivity contribution is 4.80. The maximum absolute atomic E-state index is 8.46. The molecule has 1 aliphatic rings. The molecular weight excluding hydrogens is 186 g/mol. The lowest BCUT2D eigenvalue weighted by Crippen LogP contribution is -2.42. The molecule has 1 fully saturated rings. The van der Waals surface area contributed by atoms with E-state index >= 15 is 0 Å². The van der Waals surface area contributed by atoms with Gasteiger partial charge in [-0.1, -0.05) is 6.92 Å². The maximum Gasteiger partial charge on any atom is 0.0635 e. The summed E-state index contributed by atoms with van der Waals surface area (Å²) < 4.78 is 0. The normalized spacial score (nSPS) is 21.1. The molecular formula is C12H23N3. The number of nitrogens with one attached hydrogen (secondary N) is 1. The Morgan fingerprint density at radius 3 is 2.67 bits per heavy atom. The van der Waals surface area contributed by atoms with Gasteiger partial charge in [-0.05, 0) is 45.3 Å². The Bertz CT molecular complexity index is 201. The van der Waals surface area contributed by atoms with Crippen molar-refractivity contribution in [3.05, 3.63) is 0 Å². The molecule has 0 aliphatic carbocycles. The van der Waals surface area contributed by atoms with Crippen LogP contribution >= 0.6 is 0 Å². The first-order valence-corrected chi connectivity index (χ1v) is 6.10. The fraction of sp³-hybridized carbons (Fsp3) is 0.917. The number of hydrogen-bond donors (Lipinski definition) is 1. The molecule has 1 unspecified atom stereocenters. The van der Waals surface area contributed by atoms with Crippen LogP contribution in [0, 0.1) is 17.2 Å². The number of nitrogens with zero attached hydrogens (tertiary/aromatic N) is 2. The molecule has 0 saturated carbocycles. The molecule has 0 radical (unpaired) electrons. The van der Waals surface area contributed by atoms with Gasteiger partial charge in [-0.3, -0.25) is 0 Å². The van der Waals surface area contributed by atoms with Gasteiger partial charge in [0.05, 0.1) is 6.07 Å². The van der Waals surface area contributed by atoms with Crippen molar-refractivity contribution in [1.29, 1.82) is 5.26 Å². The van der Waals surface area contributed by atoms with E-state index in [1.54, 1.807) is 0 Å². The molecule has 0 aromatic heterocycles. The Hall–Kier alpha value is -0.590. The lowest BCUT2D eigenvalue weighted by molar-refractivity contribution is 0.169. The van der Waals surface area contributed by atoms with Crippen LogP contribution in [0.5, 0.6) is 0 Å². The van der Waals surface area contributed by atoms with E-state index < -0.39 is 0 Å². The molecule has 0 spiro atoms. The fourth-order valence-corrected chi connectivity index (χ4v) is 2.29. The molecule has 0 amide bonds. The van der Waals surface area contributed by atoms with Crippen LogP contribution in [0.1, 0.15) is 33.1 Å². The van der Waals surface area contributed by atoms with Crippen LogP contribution in [0.15, 0.2) is 0 Å². The summed E-state index contributed by atoms with van der Waals surface area (Å²) in [5.74, 6) is 0.798. The van der Waals surface area contributed by atoms with Gasteiger partial charge in [-0.25, -0.2) is 0 Å². The van der Waals surface area contributed by atoms with Gasteiger partial charge >= 0.3 is 0 Å². The summed E-state index contributed by atoms with van der Waals surface area (Å²) in [6.45, 7) is 8.99. The fourth-order valence-electron chi connectivity index (χ4n) is 2.29. The molecule has 0 aromatic rings. The Labute approximate surface area is 93.5 Å². The van der Waals surface area contributed by atoms with Gasteiger partial charge < -0.3 is 10.2 Å². The van der Waals surface area contributed by atoms with Gasteiger partial charge in [-0.15, -0.1) is 0 Å². The topological polar surface area (TPSA) is 39.1 Å². The molecule has 0 aromatic carbocycles. The van der Waals surface area contributed by atoms with Crippen LogP contribution < -0.4 is 5.32 Å². The van der Waals surface area contributed by atoms with Gasteiger partial charge in [0.15, 0.2) is 0 Å². The second-order valence-electron chi connectivity index (χ2n) is 4.42. The molecule has 1 rings (SSSR count). The molecule has 1 atom stereocenters. The smallest absolute Gasteiger partial charge is 0.0635 e. The van der Waals surface area contributed by atoms with Crippen molar-refractivity contribution in [3.8, 4) is 6.07 Å². The first-order valence-electron chi connectivity index (χ1n) is 6.10. The van der Waals surface area contributed by atoms with Crippen molar-refractivity contribution in [2.75, 3.05) is 26.2 Å². The number of rotatable bonds is 5. The molecule has 3 heteroatoms. The molecule has 1 saturated heterocycles. The molecule has 1 heterocycles. The van der Waals surface area contributed by atoms with E-state index in [2.05, 4.69) is 30.1 Å². The van der Waals surface area contributed by atoms with Crippen molar-refractivity contribution in [2.24, 2.45) is 5.92 Å². The second kappa shape index (κ2) is 6.81. The zero-order valence-corrected chi connectivity index (χ0v) is 10.00. The SMILES string of the molecule is CCN1CCC(C(C)NCCC#N)CC1. The predicted molar refractivity (Wildman–Crippen MR) is 62.5 cm³/mol. The summed E-state index contributed by atoms with van der Waals surface area (Å²) in [6.07, 6.45) is 3.22. The third kappa shape index (κ3) is 4.19. The largest absolute Gasteiger partial charge is 0.313 e. The zero-order chi connectivity index (χ0) is 11.1. The van der Waals surface area contributed by atoms with E-state index in [0.29, 0.717) is 12.5 Å². The zero-order valence-electron chi connectivity index (χ0n) is 10.00. The van der Waals surface area contributed by atoms with E-state index in [1.807, 2.05) is 0 Å². The molecule has 1 N–H and O–H groups in total. The molecule has 0 bridgehead atoms. The van der Waals surface area contributed by atoms with Gasteiger partial charge in [0.25, 0.3) is 0 Å². The van der Waals surface area contributed by atoms with Crippen LogP contribution in [0.25, 0.3) is 0 Å². The minimum atomic E-state index is 0.567. The summed E-state index contributed by atoms with van der Waals surface area (Å²) in [7, 11) is 0. The van der Waals surface area contributed by atoms with Gasteiger partial charge in [0.1, 0.15) is 0 Å². The van der Waals surface area contributed by atoms with Crippen LogP contribution in [0.2, 0.25) is 0 Å². The van der Waals surface area contributed by atoms with Crippen LogP contribution in [-0.4, -0.2) is 37.1 Å². The van der Waals surface area contributed by atoms with Gasteiger partial charge in [-0.2, -0.15) is 5.26 Å². The molecule has 15 heavy (non-hydrogen) atoms. The quantitative estimate of drug-likeness (QED) is 0.699. The molecule has 3 nitrogen and oxygen atoms in total. The van der Waals surface area contributed by atoms with Crippen molar-refractivity contribution in [2.45, 2.75) is 39.2 Å². The van der Waals surface area contributed by atoms with E-state index in [4.69, 9.17) is 5.26 Å². The van der Waals surface area contributed by atoms with E-state index in [0.717, 1.165) is 12.5 Å². The molecule has 86 valence electrons. The van der Waals surface area contributed by atoms with Crippen molar-refractivity contribution < 1.29 is 0 Å². The van der Waals surface area contributed by atoms with Gasteiger partial charge in [0.2, 0.25) is 0 Å². The minimum Gasteiger partial charge on any atom is -0.313 e. The predicted octanol–water partition coefficient (Wildman–Crippen LogP) is 1.61. The van der Waals surface area contributed by atoms with Crippen molar-refractivity contribution in [3.63, 3.8) is 0 Å². The highest BCUT2D eigenvalue weighted by Crippen LogP contribution is 2.20. The van der Waals surface area contributed by atoms with Crippen molar-refractivity contribution in [1.82, 2.24) is 10.2 Å². The number of likely N-dealkylation sites (tertiary alicyclic amines) is 1. The Morgan fingerprint density at radius 1 is 1.47 bits per heavy atom. The summed E-state index contributed by atoms with van der Waals surface area (Å²) in [5, 5.41) is 11.9. The van der Waals surface area contributed by atoms with E-state index in [1.165, 1.54) is 32.5 Å². The lowest BCUT2D eigenvalue weighted by Gasteiger charge is -2.34. The third-order valence-electron chi connectivity index (χ3n) is 3.49.